The van der Waals surface area contributed by atoms with Crippen LogP contribution in [0.15, 0.2) is 72.8 Å². The van der Waals surface area contributed by atoms with Crippen LogP contribution >= 0.6 is 0 Å². The molecule has 0 aliphatic rings. The zero-order chi connectivity index (χ0) is 32.7. The van der Waals surface area contributed by atoms with Crippen molar-refractivity contribution in [3.05, 3.63) is 89.5 Å². The molecule has 0 saturated heterocycles. The van der Waals surface area contributed by atoms with Gasteiger partial charge in [0.15, 0.2) is 0 Å². The number of anilines is 2. The molecular formula is C33H35F3N2O7. The molecule has 45 heavy (non-hydrogen) atoms. The molecule has 0 aliphatic heterocycles. The monoisotopic (exact) mass is 628 g/mol. The third-order valence-electron chi connectivity index (χ3n) is 6.23. The van der Waals surface area contributed by atoms with Crippen molar-refractivity contribution >= 4 is 35.4 Å². The van der Waals surface area contributed by atoms with Gasteiger partial charge < -0.3 is 30.4 Å². The highest BCUT2D eigenvalue weighted by molar-refractivity contribution is 5.92. The van der Waals surface area contributed by atoms with Crippen molar-refractivity contribution in [3.63, 3.8) is 0 Å². The predicted molar refractivity (Wildman–Crippen MR) is 163 cm³/mol. The van der Waals surface area contributed by atoms with Gasteiger partial charge in [0.05, 0.1) is 37.4 Å². The van der Waals surface area contributed by atoms with Crippen LogP contribution in [-0.2, 0) is 14.3 Å². The Hall–Kier alpha value is -5.00. The SMILES string of the molecule is Nc1cc(N)cc(C(=O)OCCCCCCCOC(=O)C=Cc2ccc(OC(=O)c3ccc(OCCC(F)(F)F)cc3)cc2)c1. The summed E-state index contributed by atoms with van der Waals surface area (Å²) in [4.78, 5) is 36.4. The molecule has 0 amide bonds. The number of rotatable bonds is 16. The number of carbonyl (C=O) groups is 3. The minimum atomic E-state index is -4.31. The van der Waals surface area contributed by atoms with Crippen molar-refractivity contribution in [1.29, 1.82) is 0 Å². The first-order valence-corrected chi connectivity index (χ1v) is 14.3. The Morgan fingerprint density at radius 2 is 1.24 bits per heavy atom. The van der Waals surface area contributed by atoms with Crippen LogP contribution in [0, 0.1) is 0 Å². The lowest BCUT2D eigenvalue weighted by Crippen LogP contribution is -2.13. The maximum absolute atomic E-state index is 12.4. The van der Waals surface area contributed by atoms with Crippen LogP contribution in [0.25, 0.3) is 6.08 Å². The summed E-state index contributed by atoms with van der Waals surface area (Å²) < 4.78 is 57.5. The van der Waals surface area contributed by atoms with Crippen LogP contribution in [0.5, 0.6) is 11.5 Å². The average Bonchev–Trinajstić information content (AvgIpc) is 2.99. The Kier molecular flexibility index (Phi) is 13.3. The number of benzene rings is 3. The molecular weight excluding hydrogens is 593 g/mol. The topological polar surface area (TPSA) is 140 Å². The van der Waals surface area contributed by atoms with Crippen molar-refractivity contribution in [2.24, 2.45) is 0 Å². The van der Waals surface area contributed by atoms with E-state index in [1.807, 2.05) is 0 Å². The zero-order valence-electron chi connectivity index (χ0n) is 24.5. The Morgan fingerprint density at radius 3 is 1.87 bits per heavy atom. The summed E-state index contributed by atoms with van der Waals surface area (Å²) in [6.07, 6.45) is 1.54. The largest absolute Gasteiger partial charge is 0.493 e. The molecule has 0 fully saturated rings. The molecule has 0 radical (unpaired) electrons. The van der Waals surface area contributed by atoms with Crippen molar-refractivity contribution in [2.75, 3.05) is 31.3 Å². The maximum atomic E-state index is 12.4. The molecule has 0 unspecified atom stereocenters. The minimum Gasteiger partial charge on any atom is -0.493 e. The van der Waals surface area contributed by atoms with Crippen LogP contribution in [0.1, 0.15) is 64.8 Å². The third-order valence-corrected chi connectivity index (χ3v) is 6.23. The van der Waals surface area contributed by atoms with E-state index in [4.69, 9.17) is 30.4 Å². The number of ether oxygens (including phenoxy) is 4. The molecule has 240 valence electrons. The average molecular weight is 629 g/mol. The van der Waals surface area contributed by atoms with Gasteiger partial charge in [-0.15, -0.1) is 0 Å². The first-order valence-electron chi connectivity index (χ1n) is 14.3. The van der Waals surface area contributed by atoms with Crippen LogP contribution in [0.2, 0.25) is 0 Å². The van der Waals surface area contributed by atoms with Gasteiger partial charge in [-0.2, -0.15) is 13.2 Å². The molecule has 3 aromatic rings. The molecule has 12 heteroatoms. The summed E-state index contributed by atoms with van der Waals surface area (Å²) in [5.41, 5.74) is 13.4. The predicted octanol–water partition coefficient (Wildman–Crippen LogP) is 6.77. The molecule has 0 aromatic heterocycles. The van der Waals surface area contributed by atoms with E-state index in [9.17, 15) is 27.6 Å². The first-order chi connectivity index (χ1) is 21.5. The second-order valence-corrected chi connectivity index (χ2v) is 9.99. The Bertz CT molecular complexity index is 1420. The Balaban J connectivity index is 1.26. The maximum Gasteiger partial charge on any atom is 0.392 e. The van der Waals surface area contributed by atoms with Crippen molar-refractivity contribution in [3.8, 4) is 11.5 Å². The fourth-order valence-corrected chi connectivity index (χ4v) is 3.95. The van der Waals surface area contributed by atoms with Crippen molar-refractivity contribution in [2.45, 2.75) is 44.7 Å². The van der Waals surface area contributed by atoms with Crippen LogP contribution in [0.4, 0.5) is 24.5 Å². The number of carbonyl (C=O) groups excluding carboxylic acids is 3. The molecule has 4 N–H and O–H groups in total. The van der Waals surface area contributed by atoms with E-state index in [1.54, 1.807) is 36.4 Å². The highest BCUT2D eigenvalue weighted by Crippen LogP contribution is 2.21. The van der Waals surface area contributed by atoms with Gasteiger partial charge >= 0.3 is 24.1 Å². The van der Waals surface area contributed by atoms with Gasteiger partial charge in [-0.05, 0) is 79.1 Å². The number of nitrogens with two attached hydrogens (primary N) is 2. The smallest absolute Gasteiger partial charge is 0.392 e. The van der Waals surface area contributed by atoms with Crippen LogP contribution in [-0.4, -0.2) is 43.9 Å². The lowest BCUT2D eigenvalue weighted by Gasteiger charge is -2.09. The van der Waals surface area contributed by atoms with Gasteiger partial charge in [-0.3, -0.25) is 0 Å². The second kappa shape index (κ2) is 17.3. The molecule has 9 nitrogen and oxygen atoms in total. The number of alkyl halides is 3. The van der Waals surface area contributed by atoms with E-state index < -0.39 is 37.1 Å². The fraction of sp³-hybridized carbons (Fsp3) is 0.303. The van der Waals surface area contributed by atoms with Gasteiger partial charge in [-0.25, -0.2) is 14.4 Å². The number of nitrogen functional groups attached to an aromatic ring is 2. The molecule has 0 heterocycles. The van der Waals surface area contributed by atoms with E-state index in [0.29, 0.717) is 42.0 Å². The second-order valence-electron chi connectivity index (χ2n) is 9.99. The van der Waals surface area contributed by atoms with Gasteiger partial charge in [0.2, 0.25) is 0 Å². The number of esters is 3. The van der Waals surface area contributed by atoms with Crippen LogP contribution in [0.3, 0.4) is 0 Å². The summed E-state index contributed by atoms with van der Waals surface area (Å²) in [5.74, 6) is -1.11. The summed E-state index contributed by atoms with van der Waals surface area (Å²) in [5, 5.41) is 0. The first kappa shape index (κ1) is 34.5. The highest BCUT2D eigenvalue weighted by atomic mass is 19.4. The summed E-state index contributed by atoms with van der Waals surface area (Å²) in [6, 6.07) is 16.6. The molecule has 0 spiro atoms. The van der Waals surface area contributed by atoms with E-state index >= 15 is 0 Å². The summed E-state index contributed by atoms with van der Waals surface area (Å²) in [7, 11) is 0. The van der Waals surface area contributed by atoms with Gasteiger partial charge in [0, 0.05) is 17.5 Å². The van der Waals surface area contributed by atoms with Gasteiger partial charge in [0.1, 0.15) is 11.5 Å². The van der Waals surface area contributed by atoms with E-state index in [2.05, 4.69) is 0 Å². The van der Waals surface area contributed by atoms with Crippen molar-refractivity contribution < 1.29 is 46.5 Å². The number of hydrogen-bond donors (Lipinski definition) is 2. The molecule has 0 saturated carbocycles. The molecule has 3 aromatic carbocycles. The van der Waals surface area contributed by atoms with E-state index in [-0.39, 0.29) is 23.7 Å². The summed E-state index contributed by atoms with van der Waals surface area (Å²) >= 11 is 0. The molecule has 0 bridgehead atoms. The van der Waals surface area contributed by atoms with Crippen molar-refractivity contribution in [1.82, 2.24) is 0 Å². The standard InChI is InChI=1S/C33H35F3N2O7/c34-33(35,36)16-19-42-28-13-9-24(10-14-28)32(41)45-29-11-6-23(7-12-29)8-15-30(39)43-17-4-2-1-3-5-18-44-31(40)25-20-26(37)22-27(38)21-25/h6-15,20-22H,1-5,16-19,37-38H2. The normalized spacial score (nSPS) is 11.3. The van der Waals surface area contributed by atoms with Gasteiger partial charge in [0.25, 0.3) is 0 Å². The zero-order valence-corrected chi connectivity index (χ0v) is 24.5. The fourth-order valence-electron chi connectivity index (χ4n) is 3.95. The lowest BCUT2D eigenvalue weighted by atomic mass is 10.1. The molecule has 3 rings (SSSR count). The summed E-state index contributed by atoms with van der Waals surface area (Å²) in [6.45, 7) is 0.0590. The highest BCUT2D eigenvalue weighted by Gasteiger charge is 2.26. The quantitative estimate of drug-likeness (QED) is 0.0578. The number of hydrogen-bond acceptors (Lipinski definition) is 9. The van der Waals surface area contributed by atoms with E-state index in [1.165, 1.54) is 42.5 Å². The number of unbranched alkanes of at least 4 members (excludes halogenated alkanes) is 4. The lowest BCUT2D eigenvalue weighted by molar-refractivity contribution is -0.140. The minimum absolute atomic E-state index is 0.201. The number of halogens is 3. The van der Waals surface area contributed by atoms with Crippen LogP contribution < -0.4 is 20.9 Å². The third kappa shape index (κ3) is 13.5. The molecule has 0 atom stereocenters. The van der Waals surface area contributed by atoms with Gasteiger partial charge in [-0.1, -0.05) is 31.4 Å². The van der Waals surface area contributed by atoms with E-state index in [0.717, 1.165) is 19.3 Å². The Labute approximate surface area is 258 Å². The Morgan fingerprint density at radius 1 is 0.667 bits per heavy atom. The molecule has 0 aliphatic carbocycles.